The molecule has 1 N–H and O–H groups in total. The van der Waals surface area contributed by atoms with E-state index in [1.165, 1.54) is 6.42 Å². The van der Waals surface area contributed by atoms with Crippen LogP contribution in [0.25, 0.3) is 0 Å². The van der Waals surface area contributed by atoms with Gasteiger partial charge >= 0.3 is 0 Å². The van der Waals surface area contributed by atoms with Crippen LogP contribution < -0.4 is 5.32 Å². The highest BCUT2D eigenvalue weighted by Crippen LogP contribution is 2.35. The van der Waals surface area contributed by atoms with Crippen molar-refractivity contribution in [2.24, 2.45) is 0 Å². The molecule has 1 saturated carbocycles. The Hall–Kier alpha value is -2.10. The van der Waals surface area contributed by atoms with Crippen LogP contribution in [-0.4, -0.2) is 15.5 Å². The second-order valence-electron chi connectivity index (χ2n) is 5.69. The summed E-state index contributed by atoms with van der Waals surface area (Å²) in [6.45, 7) is 0.489. The van der Waals surface area contributed by atoms with Crippen molar-refractivity contribution in [2.45, 2.75) is 44.2 Å². The minimum absolute atomic E-state index is 0.115. The van der Waals surface area contributed by atoms with Crippen LogP contribution in [0, 0.1) is 0 Å². The van der Waals surface area contributed by atoms with Crippen LogP contribution >= 0.6 is 0 Å². The van der Waals surface area contributed by atoms with Crippen LogP contribution in [-0.2, 0) is 16.9 Å². The molecule has 0 radical (unpaired) electrons. The van der Waals surface area contributed by atoms with Gasteiger partial charge in [-0.3, -0.25) is 9.78 Å². The summed E-state index contributed by atoms with van der Waals surface area (Å²) >= 11 is 0. The molecule has 0 aromatic carbocycles. The fourth-order valence-corrected chi connectivity index (χ4v) is 3.20. The molecular formula is C17H21N3O. The average molecular weight is 283 g/mol. The summed E-state index contributed by atoms with van der Waals surface area (Å²) < 4.78 is 2.08. The first-order valence-corrected chi connectivity index (χ1v) is 7.63. The second kappa shape index (κ2) is 6.12. The Kier molecular flexibility index (Phi) is 4.04. The van der Waals surface area contributed by atoms with Crippen molar-refractivity contribution >= 4 is 5.91 Å². The third-order valence-electron chi connectivity index (χ3n) is 4.36. The lowest BCUT2D eigenvalue weighted by Crippen LogP contribution is -2.49. The molecule has 0 saturated heterocycles. The Balaban J connectivity index is 1.75. The Morgan fingerprint density at radius 3 is 2.57 bits per heavy atom. The smallest absolute Gasteiger partial charge is 0.246 e. The van der Waals surface area contributed by atoms with E-state index < -0.39 is 5.54 Å². The molecule has 110 valence electrons. The third kappa shape index (κ3) is 2.84. The summed E-state index contributed by atoms with van der Waals surface area (Å²) in [7, 11) is 0. The number of hydrogen-bond donors (Lipinski definition) is 1. The average Bonchev–Trinajstić information content (AvgIpc) is 3.09. The van der Waals surface area contributed by atoms with Crippen molar-refractivity contribution in [3.8, 4) is 0 Å². The van der Waals surface area contributed by atoms with Crippen LogP contribution in [0.3, 0.4) is 0 Å². The molecule has 0 bridgehead atoms. The predicted octanol–water partition coefficient (Wildman–Crippen LogP) is 2.86. The normalized spacial score (nSPS) is 17.3. The van der Waals surface area contributed by atoms with Gasteiger partial charge in [-0.25, -0.2) is 0 Å². The molecule has 0 spiro atoms. The van der Waals surface area contributed by atoms with Gasteiger partial charge in [0.15, 0.2) is 0 Å². The molecule has 0 aliphatic heterocycles. The lowest BCUT2D eigenvalue weighted by Gasteiger charge is -2.37. The number of nitrogens with zero attached hydrogens (tertiary/aromatic N) is 2. The number of amides is 1. The van der Waals surface area contributed by atoms with E-state index in [0.717, 1.165) is 31.4 Å². The molecule has 1 aliphatic carbocycles. The van der Waals surface area contributed by atoms with E-state index in [1.54, 1.807) is 6.20 Å². The Morgan fingerprint density at radius 1 is 1.14 bits per heavy atom. The number of carbonyl (C=O) groups is 1. The molecule has 1 amide bonds. The highest BCUT2D eigenvalue weighted by molar-refractivity contribution is 5.84. The van der Waals surface area contributed by atoms with Crippen LogP contribution in [0.1, 0.15) is 37.8 Å². The number of nitrogens with one attached hydrogen (secondary N) is 1. The molecule has 2 heterocycles. The van der Waals surface area contributed by atoms with Crippen molar-refractivity contribution in [3.63, 3.8) is 0 Å². The van der Waals surface area contributed by atoms with Gasteiger partial charge in [-0.2, -0.15) is 0 Å². The zero-order valence-electron chi connectivity index (χ0n) is 12.2. The van der Waals surface area contributed by atoms with Crippen LogP contribution in [0.5, 0.6) is 0 Å². The first kappa shape index (κ1) is 13.9. The first-order chi connectivity index (χ1) is 10.3. The Morgan fingerprint density at radius 2 is 1.90 bits per heavy atom. The number of carbonyl (C=O) groups excluding carboxylic acids is 1. The van der Waals surface area contributed by atoms with Gasteiger partial charge in [0.1, 0.15) is 5.54 Å². The van der Waals surface area contributed by atoms with Gasteiger partial charge in [0.2, 0.25) is 5.91 Å². The highest BCUT2D eigenvalue weighted by atomic mass is 16.2. The largest absolute Gasteiger partial charge is 0.348 e. The summed E-state index contributed by atoms with van der Waals surface area (Å²) in [6, 6.07) is 9.73. The molecule has 0 unspecified atom stereocenters. The van der Waals surface area contributed by atoms with E-state index in [0.29, 0.717) is 6.54 Å². The molecule has 2 aromatic heterocycles. The number of hydrogen-bond acceptors (Lipinski definition) is 2. The SMILES string of the molecule is O=C(NCc1ccccn1)C1(n2cccc2)CCCCC1. The highest BCUT2D eigenvalue weighted by Gasteiger charge is 2.40. The van der Waals surface area contributed by atoms with Crippen molar-refractivity contribution in [3.05, 3.63) is 54.6 Å². The summed E-state index contributed by atoms with van der Waals surface area (Å²) in [5.74, 6) is 0.115. The minimum atomic E-state index is -0.420. The van der Waals surface area contributed by atoms with Crippen molar-refractivity contribution < 1.29 is 4.79 Å². The Bertz CT molecular complexity index is 571. The maximum Gasteiger partial charge on any atom is 0.246 e. The molecule has 2 aromatic rings. The summed E-state index contributed by atoms with van der Waals surface area (Å²) in [5, 5.41) is 3.08. The number of aromatic nitrogens is 2. The summed E-state index contributed by atoms with van der Waals surface area (Å²) in [6.07, 6.45) is 11.0. The minimum Gasteiger partial charge on any atom is -0.348 e. The molecule has 1 aliphatic rings. The molecule has 0 atom stereocenters. The number of rotatable bonds is 4. The van der Waals surface area contributed by atoms with Gasteiger partial charge in [0.25, 0.3) is 0 Å². The van der Waals surface area contributed by atoms with Gasteiger partial charge in [0, 0.05) is 18.6 Å². The van der Waals surface area contributed by atoms with Gasteiger partial charge in [-0.1, -0.05) is 25.3 Å². The van der Waals surface area contributed by atoms with E-state index in [2.05, 4.69) is 14.9 Å². The lowest BCUT2D eigenvalue weighted by atomic mass is 9.80. The van der Waals surface area contributed by atoms with E-state index >= 15 is 0 Å². The van der Waals surface area contributed by atoms with E-state index in [1.807, 2.05) is 42.7 Å². The van der Waals surface area contributed by atoms with Crippen LogP contribution in [0.15, 0.2) is 48.9 Å². The fraction of sp³-hybridized carbons (Fsp3) is 0.412. The van der Waals surface area contributed by atoms with Gasteiger partial charge in [0.05, 0.1) is 12.2 Å². The standard InChI is InChI=1S/C17H21N3O/c21-16(19-14-15-8-2-5-11-18-15)17(9-3-1-4-10-17)20-12-6-7-13-20/h2,5-8,11-13H,1,3-4,9-10,14H2,(H,19,21). The molecular weight excluding hydrogens is 262 g/mol. The topological polar surface area (TPSA) is 46.9 Å². The lowest BCUT2D eigenvalue weighted by molar-refractivity contribution is -0.131. The maximum atomic E-state index is 12.8. The Labute approximate surface area is 125 Å². The van der Waals surface area contributed by atoms with E-state index in [4.69, 9.17) is 0 Å². The zero-order valence-corrected chi connectivity index (χ0v) is 12.2. The predicted molar refractivity (Wildman–Crippen MR) is 81.6 cm³/mol. The van der Waals surface area contributed by atoms with E-state index in [-0.39, 0.29) is 5.91 Å². The maximum absolute atomic E-state index is 12.8. The summed E-state index contributed by atoms with van der Waals surface area (Å²) in [5.41, 5.74) is 0.473. The molecule has 21 heavy (non-hydrogen) atoms. The molecule has 3 rings (SSSR count). The molecule has 4 heteroatoms. The van der Waals surface area contributed by atoms with Gasteiger partial charge in [-0.05, 0) is 37.1 Å². The fourth-order valence-electron chi connectivity index (χ4n) is 3.20. The monoisotopic (exact) mass is 283 g/mol. The van der Waals surface area contributed by atoms with Gasteiger partial charge < -0.3 is 9.88 Å². The zero-order chi connectivity index (χ0) is 14.5. The molecule has 1 fully saturated rings. The summed E-state index contributed by atoms with van der Waals surface area (Å²) in [4.78, 5) is 17.1. The number of pyridine rings is 1. The van der Waals surface area contributed by atoms with Gasteiger partial charge in [-0.15, -0.1) is 0 Å². The van der Waals surface area contributed by atoms with E-state index in [9.17, 15) is 4.79 Å². The quantitative estimate of drug-likeness (QED) is 0.938. The molecule has 4 nitrogen and oxygen atoms in total. The van der Waals surface area contributed by atoms with Crippen molar-refractivity contribution in [2.75, 3.05) is 0 Å². The second-order valence-corrected chi connectivity index (χ2v) is 5.69. The van der Waals surface area contributed by atoms with Crippen molar-refractivity contribution in [1.82, 2.24) is 14.9 Å². The van der Waals surface area contributed by atoms with Crippen LogP contribution in [0.4, 0.5) is 0 Å². The van der Waals surface area contributed by atoms with Crippen molar-refractivity contribution in [1.29, 1.82) is 0 Å². The van der Waals surface area contributed by atoms with Crippen LogP contribution in [0.2, 0.25) is 0 Å². The first-order valence-electron chi connectivity index (χ1n) is 7.63. The third-order valence-corrected chi connectivity index (χ3v) is 4.36.